The van der Waals surface area contributed by atoms with Crippen molar-refractivity contribution in [2.24, 2.45) is 0 Å². The zero-order valence-electron chi connectivity index (χ0n) is 11.9. The average Bonchev–Trinajstić information content (AvgIpc) is 3.08. The highest BCUT2D eigenvalue weighted by atomic mass is 15.3. The lowest BCUT2D eigenvalue weighted by Crippen LogP contribution is -2.16. The van der Waals surface area contributed by atoms with Crippen molar-refractivity contribution in [1.29, 1.82) is 0 Å². The molecular weight excluding hydrogens is 258 g/mol. The van der Waals surface area contributed by atoms with Gasteiger partial charge in [-0.25, -0.2) is 4.68 Å². The van der Waals surface area contributed by atoms with Gasteiger partial charge in [-0.3, -0.25) is 0 Å². The monoisotopic (exact) mass is 277 g/mol. The zero-order valence-corrected chi connectivity index (χ0v) is 11.9. The van der Waals surface area contributed by atoms with Crippen molar-refractivity contribution in [1.82, 2.24) is 15.1 Å². The fraction of sp³-hybridized carbons (Fsp3) is 0.167. The summed E-state index contributed by atoms with van der Waals surface area (Å²) >= 11 is 0. The molecular formula is C18H19N3. The van der Waals surface area contributed by atoms with Gasteiger partial charge in [-0.1, -0.05) is 42.5 Å². The lowest BCUT2D eigenvalue weighted by Gasteiger charge is -2.07. The molecule has 2 aromatic carbocycles. The van der Waals surface area contributed by atoms with Crippen LogP contribution in [0, 0.1) is 0 Å². The fourth-order valence-corrected chi connectivity index (χ4v) is 2.30. The first-order valence-electron chi connectivity index (χ1n) is 7.25. The van der Waals surface area contributed by atoms with Gasteiger partial charge in [0.2, 0.25) is 0 Å². The summed E-state index contributed by atoms with van der Waals surface area (Å²) in [7, 11) is 0. The molecule has 0 aliphatic rings. The first-order chi connectivity index (χ1) is 10.4. The summed E-state index contributed by atoms with van der Waals surface area (Å²) in [4.78, 5) is 0. The van der Waals surface area contributed by atoms with E-state index in [-0.39, 0.29) is 0 Å². The first kappa shape index (κ1) is 13.6. The number of hydrogen-bond acceptors (Lipinski definition) is 2. The third-order valence-corrected chi connectivity index (χ3v) is 3.47. The van der Waals surface area contributed by atoms with Crippen LogP contribution in [0.1, 0.15) is 11.1 Å². The molecule has 0 saturated heterocycles. The predicted molar refractivity (Wildman–Crippen MR) is 85.4 cm³/mol. The van der Waals surface area contributed by atoms with Gasteiger partial charge in [0.1, 0.15) is 0 Å². The number of nitrogens with zero attached hydrogens (tertiary/aromatic N) is 2. The number of nitrogens with one attached hydrogen (secondary N) is 1. The van der Waals surface area contributed by atoms with Crippen molar-refractivity contribution in [2.45, 2.75) is 13.0 Å². The van der Waals surface area contributed by atoms with E-state index in [0.717, 1.165) is 25.2 Å². The van der Waals surface area contributed by atoms with Crippen LogP contribution in [0.3, 0.4) is 0 Å². The normalized spacial score (nSPS) is 10.7. The van der Waals surface area contributed by atoms with Gasteiger partial charge in [0, 0.05) is 18.9 Å². The molecule has 0 saturated carbocycles. The van der Waals surface area contributed by atoms with Gasteiger partial charge in [-0.15, -0.1) is 0 Å². The summed E-state index contributed by atoms with van der Waals surface area (Å²) < 4.78 is 1.87. The molecule has 3 nitrogen and oxygen atoms in total. The maximum Gasteiger partial charge on any atom is 0.0645 e. The largest absolute Gasteiger partial charge is 0.312 e. The zero-order chi connectivity index (χ0) is 14.3. The van der Waals surface area contributed by atoms with E-state index in [2.05, 4.69) is 65.0 Å². The highest BCUT2D eigenvalue weighted by Gasteiger charge is 1.97. The van der Waals surface area contributed by atoms with Crippen LogP contribution in [-0.2, 0) is 13.0 Å². The van der Waals surface area contributed by atoms with Gasteiger partial charge in [0.25, 0.3) is 0 Å². The van der Waals surface area contributed by atoms with Gasteiger partial charge in [-0.2, -0.15) is 5.10 Å². The molecule has 1 N–H and O–H groups in total. The number of aromatic nitrogens is 2. The van der Waals surface area contributed by atoms with Crippen LogP contribution in [0.15, 0.2) is 73.1 Å². The number of rotatable bonds is 6. The van der Waals surface area contributed by atoms with E-state index in [1.165, 1.54) is 11.1 Å². The summed E-state index contributed by atoms with van der Waals surface area (Å²) in [5.74, 6) is 0. The van der Waals surface area contributed by atoms with Crippen molar-refractivity contribution in [3.63, 3.8) is 0 Å². The van der Waals surface area contributed by atoms with Crippen LogP contribution in [0.2, 0.25) is 0 Å². The summed E-state index contributed by atoms with van der Waals surface area (Å²) in [5, 5.41) is 7.71. The Labute approximate surface area is 125 Å². The van der Waals surface area contributed by atoms with Crippen molar-refractivity contribution in [3.05, 3.63) is 84.2 Å². The molecule has 0 fully saturated rings. The Morgan fingerprint density at radius 3 is 2.38 bits per heavy atom. The molecule has 3 aromatic rings. The van der Waals surface area contributed by atoms with Crippen LogP contribution in [0.5, 0.6) is 0 Å². The van der Waals surface area contributed by atoms with Crippen molar-refractivity contribution in [3.8, 4) is 5.69 Å². The Kier molecular flexibility index (Phi) is 4.44. The Hall–Kier alpha value is -2.39. The summed E-state index contributed by atoms with van der Waals surface area (Å²) in [6, 6.07) is 21.0. The third kappa shape index (κ3) is 3.80. The number of benzene rings is 2. The molecule has 3 heteroatoms. The molecule has 0 radical (unpaired) electrons. The highest BCUT2D eigenvalue weighted by molar-refractivity contribution is 5.33. The second-order valence-electron chi connectivity index (χ2n) is 5.03. The van der Waals surface area contributed by atoms with E-state index in [4.69, 9.17) is 0 Å². The highest BCUT2D eigenvalue weighted by Crippen LogP contribution is 2.08. The summed E-state index contributed by atoms with van der Waals surface area (Å²) in [6.45, 7) is 1.89. The topological polar surface area (TPSA) is 29.9 Å². The van der Waals surface area contributed by atoms with Gasteiger partial charge in [0.05, 0.1) is 5.69 Å². The Balaban J connectivity index is 1.47. The molecule has 0 amide bonds. The molecule has 3 rings (SSSR count). The van der Waals surface area contributed by atoms with E-state index in [9.17, 15) is 0 Å². The molecule has 0 atom stereocenters. The SMILES string of the molecule is c1ccc(CCNCc2ccc(-n3cccn3)cc2)cc1. The molecule has 106 valence electrons. The third-order valence-electron chi connectivity index (χ3n) is 3.47. The fourth-order valence-electron chi connectivity index (χ4n) is 2.30. The number of hydrogen-bond donors (Lipinski definition) is 1. The smallest absolute Gasteiger partial charge is 0.0645 e. The molecule has 1 heterocycles. The van der Waals surface area contributed by atoms with Crippen LogP contribution in [0.4, 0.5) is 0 Å². The van der Waals surface area contributed by atoms with Crippen LogP contribution < -0.4 is 5.32 Å². The molecule has 0 aliphatic heterocycles. The van der Waals surface area contributed by atoms with E-state index < -0.39 is 0 Å². The maximum atomic E-state index is 4.23. The van der Waals surface area contributed by atoms with Crippen LogP contribution >= 0.6 is 0 Å². The molecule has 21 heavy (non-hydrogen) atoms. The van der Waals surface area contributed by atoms with E-state index in [0.29, 0.717) is 0 Å². The van der Waals surface area contributed by atoms with Crippen molar-refractivity contribution in [2.75, 3.05) is 6.54 Å². The summed E-state index contributed by atoms with van der Waals surface area (Å²) in [6.07, 6.45) is 4.80. The average molecular weight is 277 g/mol. The lowest BCUT2D eigenvalue weighted by molar-refractivity contribution is 0.686. The second kappa shape index (κ2) is 6.86. The minimum Gasteiger partial charge on any atom is -0.312 e. The van der Waals surface area contributed by atoms with Gasteiger partial charge >= 0.3 is 0 Å². The van der Waals surface area contributed by atoms with Crippen LogP contribution in [-0.4, -0.2) is 16.3 Å². The Morgan fingerprint density at radius 1 is 0.857 bits per heavy atom. The minimum absolute atomic E-state index is 0.895. The maximum absolute atomic E-state index is 4.23. The Bertz CT molecular complexity index is 643. The Morgan fingerprint density at radius 2 is 1.67 bits per heavy atom. The van der Waals surface area contributed by atoms with Gasteiger partial charge in [-0.05, 0) is 42.3 Å². The van der Waals surface area contributed by atoms with Gasteiger partial charge < -0.3 is 5.32 Å². The summed E-state index contributed by atoms with van der Waals surface area (Å²) in [5.41, 5.74) is 3.76. The molecule has 0 unspecified atom stereocenters. The van der Waals surface area contributed by atoms with Crippen molar-refractivity contribution >= 4 is 0 Å². The van der Waals surface area contributed by atoms with Crippen LogP contribution in [0.25, 0.3) is 5.69 Å². The minimum atomic E-state index is 0.895. The predicted octanol–water partition coefficient (Wildman–Crippen LogP) is 3.20. The standard InChI is InChI=1S/C18H19N3/c1-2-5-16(6-3-1)11-13-19-15-17-7-9-18(10-8-17)21-14-4-12-20-21/h1-10,12,14,19H,11,13,15H2. The molecule has 0 aliphatic carbocycles. The van der Waals surface area contributed by atoms with E-state index in [1.807, 2.05) is 16.9 Å². The lowest BCUT2D eigenvalue weighted by atomic mass is 10.1. The van der Waals surface area contributed by atoms with Crippen molar-refractivity contribution < 1.29 is 0 Å². The van der Waals surface area contributed by atoms with E-state index >= 15 is 0 Å². The quantitative estimate of drug-likeness (QED) is 0.701. The van der Waals surface area contributed by atoms with Gasteiger partial charge in [0.15, 0.2) is 0 Å². The molecule has 1 aromatic heterocycles. The second-order valence-corrected chi connectivity index (χ2v) is 5.03. The molecule has 0 bridgehead atoms. The first-order valence-corrected chi connectivity index (χ1v) is 7.25. The van der Waals surface area contributed by atoms with E-state index in [1.54, 1.807) is 6.20 Å². The molecule has 0 spiro atoms.